The van der Waals surface area contributed by atoms with E-state index in [-0.39, 0.29) is 17.2 Å². The molecule has 0 N–H and O–H groups in total. The first-order chi connectivity index (χ1) is 16.1. The molecule has 5 rings (SSSR count). The van der Waals surface area contributed by atoms with Crippen molar-refractivity contribution in [2.75, 3.05) is 4.90 Å². The molecule has 6 nitrogen and oxygen atoms in total. The molecular formula is C26H25N5OS. The second-order valence-corrected chi connectivity index (χ2v) is 9.57. The highest BCUT2D eigenvalue weighted by Gasteiger charge is 2.34. The number of anilines is 1. The molecule has 1 aliphatic rings. The third-order valence-corrected chi connectivity index (χ3v) is 6.98. The monoisotopic (exact) mass is 455 g/mol. The van der Waals surface area contributed by atoms with Gasteiger partial charge in [0.2, 0.25) is 5.91 Å². The van der Waals surface area contributed by atoms with Crippen LogP contribution in [0.25, 0.3) is 11.4 Å². The van der Waals surface area contributed by atoms with Crippen LogP contribution in [0.4, 0.5) is 5.69 Å². The van der Waals surface area contributed by atoms with E-state index in [9.17, 15) is 4.79 Å². The smallest absolute Gasteiger partial charge is 0.240 e. The van der Waals surface area contributed by atoms with E-state index < -0.39 is 0 Å². The SMILES string of the molecule is C[C@H](Sc1nnc(-c2ccncc2)n1Cc1ccccc1)C(=O)N1c2ccccc2C[C@H]1C. The van der Waals surface area contributed by atoms with Gasteiger partial charge in [0.15, 0.2) is 11.0 Å². The van der Waals surface area contributed by atoms with Gasteiger partial charge in [-0.25, -0.2) is 0 Å². The minimum absolute atomic E-state index is 0.0946. The van der Waals surface area contributed by atoms with Crippen molar-refractivity contribution in [1.29, 1.82) is 0 Å². The van der Waals surface area contributed by atoms with Crippen molar-refractivity contribution in [2.45, 2.75) is 43.3 Å². The zero-order valence-electron chi connectivity index (χ0n) is 18.6. The molecule has 4 aromatic rings. The van der Waals surface area contributed by atoms with Gasteiger partial charge in [-0.1, -0.05) is 60.3 Å². The molecule has 0 saturated carbocycles. The lowest BCUT2D eigenvalue weighted by molar-refractivity contribution is -0.118. The zero-order valence-corrected chi connectivity index (χ0v) is 19.4. The van der Waals surface area contributed by atoms with Crippen molar-refractivity contribution >= 4 is 23.4 Å². The van der Waals surface area contributed by atoms with Crippen molar-refractivity contribution in [3.8, 4) is 11.4 Å². The van der Waals surface area contributed by atoms with Crippen molar-refractivity contribution in [3.05, 3.63) is 90.3 Å². The van der Waals surface area contributed by atoms with Crippen molar-refractivity contribution in [1.82, 2.24) is 19.7 Å². The molecule has 0 unspecified atom stereocenters. The number of hydrogen-bond donors (Lipinski definition) is 0. The second kappa shape index (κ2) is 9.19. The minimum atomic E-state index is -0.303. The lowest BCUT2D eigenvalue weighted by Crippen LogP contribution is -2.40. The number of amides is 1. The number of hydrogen-bond acceptors (Lipinski definition) is 5. The van der Waals surface area contributed by atoms with Crippen LogP contribution in [0.1, 0.15) is 25.0 Å². The van der Waals surface area contributed by atoms with Crippen LogP contribution < -0.4 is 4.90 Å². The quantitative estimate of drug-likeness (QED) is 0.389. The lowest BCUT2D eigenvalue weighted by Gasteiger charge is -2.25. The number of benzene rings is 2. The molecule has 0 fully saturated rings. The number of carbonyl (C=O) groups is 1. The number of carbonyl (C=O) groups excluding carboxylic acids is 1. The van der Waals surface area contributed by atoms with Crippen LogP contribution in [-0.2, 0) is 17.8 Å². The number of nitrogens with zero attached hydrogens (tertiary/aromatic N) is 5. The number of fused-ring (bicyclic) bond motifs is 1. The largest absolute Gasteiger partial charge is 0.308 e. The van der Waals surface area contributed by atoms with Crippen LogP contribution >= 0.6 is 11.8 Å². The number of pyridine rings is 1. The Kier molecular flexibility index (Phi) is 5.96. The first-order valence-corrected chi connectivity index (χ1v) is 11.9. The Morgan fingerprint density at radius 3 is 2.55 bits per heavy atom. The van der Waals surface area contributed by atoms with Crippen LogP contribution in [-0.4, -0.2) is 36.9 Å². The fourth-order valence-electron chi connectivity index (χ4n) is 4.30. The third kappa shape index (κ3) is 4.28. The number of rotatable bonds is 6. The molecule has 2 aromatic carbocycles. The maximum absolute atomic E-state index is 13.5. The molecule has 0 saturated heterocycles. The standard InChI is InChI=1S/C26H25N5OS/c1-18-16-22-10-6-7-11-23(22)31(18)25(32)19(2)33-26-29-28-24(21-12-14-27-15-13-21)30(26)17-20-8-4-3-5-9-20/h3-15,18-19H,16-17H2,1-2H3/t18-,19+/m1/s1. The lowest BCUT2D eigenvalue weighted by atomic mass is 10.1. The topological polar surface area (TPSA) is 63.9 Å². The predicted octanol–water partition coefficient (Wildman–Crippen LogP) is 4.85. The third-order valence-electron chi connectivity index (χ3n) is 5.91. The fraction of sp³-hybridized carbons (Fsp3) is 0.231. The van der Waals surface area contributed by atoms with E-state index in [1.807, 2.05) is 60.4 Å². The molecule has 0 radical (unpaired) electrons. The van der Waals surface area contributed by atoms with E-state index in [2.05, 4.69) is 44.9 Å². The van der Waals surface area contributed by atoms with Crippen LogP contribution in [0.5, 0.6) is 0 Å². The van der Waals surface area contributed by atoms with Crippen LogP contribution in [0, 0.1) is 0 Å². The molecule has 0 spiro atoms. The van der Waals surface area contributed by atoms with Gasteiger partial charge in [0, 0.05) is 29.7 Å². The molecule has 2 atom stereocenters. The molecule has 2 aromatic heterocycles. The van der Waals surface area contributed by atoms with E-state index in [4.69, 9.17) is 0 Å². The highest BCUT2D eigenvalue weighted by molar-refractivity contribution is 8.00. The Morgan fingerprint density at radius 1 is 1.03 bits per heavy atom. The summed E-state index contributed by atoms with van der Waals surface area (Å²) < 4.78 is 2.08. The molecule has 1 aliphatic heterocycles. The van der Waals surface area contributed by atoms with Gasteiger partial charge in [0.05, 0.1) is 11.8 Å². The summed E-state index contributed by atoms with van der Waals surface area (Å²) in [6, 6.07) is 22.4. The molecule has 0 aliphatic carbocycles. The van der Waals surface area contributed by atoms with Gasteiger partial charge in [-0.2, -0.15) is 0 Å². The summed E-state index contributed by atoms with van der Waals surface area (Å²) in [5, 5.41) is 9.39. The first kappa shape index (κ1) is 21.4. The Labute approximate surface area is 197 Å². The Balaban J connectivity index is 1.44. The summed E-state index contributed by atoms with van der Waals surface area (Å²) in [5.74, 6) is 0.862. The maximum atomic E-state index is 13.5. The van der Waals surface area contributed by atoms with Crippen molar-refractivity contribution < 1.29 is 4.79 Å². The molecule has 1 amide bonds. The molecular weight excluding hydrogens is 430 g/mol. The van der Waals surface area contributed by atoms with Crippen LogP contribution in [0.2, 0.25) is 0 Å². The van der Waals surface area contributed by atoms with E-state index in [0.29, 0.717) is 6.54 Å². The minimum Gasteiger partial charge on any atom is -0.308 e. The van der Waals surface area contributed by atoms with E-state index >= 15 is 0 Å². The number of thioether (sulfide) groups is 1. The van der Waals surface area contributed by atoms with Crippen molar-refractivity contribution in [3.63, 3.8) is 0 Å². The van der Waals surface area contributed by atoms with Gasteiger partial charge < -0.3 is 4.90 Å². The highest BCUT2D eigenvalue weighted by atomic mass is 32.2. The fourth-order valence-corrected chi connectivity index (χ4v) is 5.20. The summed E-state index contributed by atoms with van der Waals surface area (Å²) >= 11 is 1.46. The first-order valence-electron chi connectivity index (χ1n) is 11.1. The average molecular weight is 456 g/mol. The van der Waals surface area contributed by atoms with E-state index in [0.717, 1.165) is 34.2 Å². The highest BCUT2D eigenvalue weighted by Crippen LogP contribution is 2.35. The second-order valence-electron chi connectivity index (χ2n) is 8.26. The van der Waals surface area contributed by atoms with E-state index in [1.165, 1.54) is 17.3 Å². The summed E-state index contributed by atoms with van der Waals surface area (Å²) in [4.78, 5) is 19.6. The van der Waals surface area contributed by atoms with Crippen LogP contribution in [0.3, 0.4) is 0 Å². The summed E-state index contributed by atoms with van der Waals surface area (Å²) in [7, 11) is 0. The zero-order chi connectivity index (χ0) is 22.8. The van der Waals surface area contributed by atoms with Gasteiger partial charge in [0.25, 0.3) is 0 Å². The number of aromatic nitrogens is 4. The molecule has 3 heterocycles. The van der Waals surface area contributed by atoms with Crippen molar-refractivity contribution in [2.24, 2.45) is 0 Å². The van der Waals surface area contributed by atoms with Gasteiger partial charge in [-0.3, -0.25) is 14.3 Å². The van der Waals surface area contributed by atoms with Gasteiger partial charge in [0.1, 0.15) is 0 Å². The Hall–Kier alpha value is -3.45. The predicted molar refractivity (Wildman–Crippen MR) is 131 cm³/mol. The molecule has 7 heteroatoms. The summed E-state index contributed by atoms with van der Waals surface area (Å²) in [5.41, 5.74) is 4.34. The van der Waals surface area contributed by atoms with E-state index in [1.54, 1.807) is 12.4 Å². The Bertz CT molecular complexity index is 1260. The maximum Gasteiger partial charge on any atom is 0.240 e. The van der Waals surface area contributed by atoms with Gasteiger partial charge in [-0.15, -0.1) is 10.2 Å². The molecule has 33 heavy (non-hydrogen) atoms. The normalized spacial score (nSPS) is 15.9. The number of para-hydroxylation sites is 1. The molecule has 0 bridgehead atoms. The Morgan fingerprint density at radius 2 is 1.76 bits per heavy atom. The summed E-state index contributed by atoms with van der Waals surface area (Å²) in [6.45, 7) is 4.68. The van der Waals surface area contributed by atoms with Crippen LogP contribution in [0.15, 0.2) is 84.3 Å². The average Bonchev–Trinajstić information content (AvgIpc) is 3.39. The van der Waals surface area contributed by atoms with Gasteiger partial charge >= 0.3 is 0 Å². The van der Waals surface area contributed by atoms with Gasteiger partial charge in [-0.05, 0) is 49.6 Å². The summed E-state index contributed by atoms with van der Waals surface area (Å²) in [6.07, 6.45) is 4.39. The molecule has 166 valence electrons.